The van der Waals surface area contributed by atoms with Crippen LogP contribution in [0.2, 0.25) is 0 Å². The molecule has 0 unspecified atom stereocenters. The highest BCUT2D eigenvalue weighted by Gasteiger charge is 2.09. The zero-order valence-corrected chi connectivity index (χ0v) is 7.04. The molecule has 0 amide bonds. The smallest absolute Gasteiger partial charge is 0.235 e. The molecule has 0 saturated carbocycles. The molecule has 1 aromatic carbocycles. The lowest BCUT2D eigenvalue weighted by atomic mass is 10.1. The van der Waals surface area contributed by atoms with Crippen molar-refractivity contribution < 1.29 is 14.3 Å². The van der Waals surface area contributed by atoms with Gasteiger partial charge in [0.1, 0.15) is 11.6 Å². The number of hydrogen-bond acceptors (Lipinski definition) is 3. The van der Waals surface area contributed by atoms with Gasteiger partial charge in [0.25, 0.3) is 0 Å². The summed E-state index contributed by atoms with van der Waals surface area (Å²) < 4.78 is 13.0. The van der Waals surface area contributed by atoms with E-state index in [0.717, 1.165) is 0 Å². The number of phenolic OH excluding ortho intramolecular Hbond substituents is 1. The van der Waals surface area contributed by atoms with Gasteiger partial charge in [-0.25, -0.2) is 14.2 Å². The summed E-state index contributed by atoms with van der Waals surface area (Å²) >= 11 is 0. The van der Waals surface area contributed by atoms with Crippen LogP contribution >= 0.6 is 0 Å². The fraction of sp³-hybridized carbons (Fsp3) is 0.222. The van der Waals surface area contributed by atoms with Crippen molar-refractivity contribution in [1.82, 2.24) is 0 Å². The molecule has 0 radical (unpaired) electrons. The standard InChI is InChI=1S/C9H8FNO2/c1-6-2-3-8(10)7(9(6)13)4-11-5-12/h2-3,13H,4H2,1H3. The average Bonchev–Trinajstić information content (AvgIpc) is 2.12. The second-order valence-electron chi connectivity index (χ2n) is 2.60. The molecule has 0 aromatic heterocycles. The van der Waals surface area contributed by atoms with Crippen LogP contribution in [-0.2, 0) is 11.3 Å². The predicted octanol–water partition coefficient (Wildman–Crippen LogP) is 1.68. The molecule has 0 atom stereocenters. The highest BCUT2D eigenvalue weighted by molar-refractivity contribution is 5.42. The van der Waals surface area contributed by atoms with Crippen molar-refractivity contribution in [2.75, 3.05) is 0 Å². The normalized spacial score (nSPS) is 9.38. The number of hydrogen-bond donors (Lipinski definition) is 1. The van der Waals surface area contributed by atoms with E-state index in [0.29, 0.717) is 5.56 Å². The first-order chi connectivity index (χ1) is 6.16. The van der Waals surface area contributed by atoms with Crippen LogP contribution < -0.4 is 0 Å². The third-order valence-electron chi connectivity index (χ3n) is 1.73. The highest BCUT2D eigenvalue weighted by Crippen LogP contribution is 2.24. The van der Waals surface area contributed by atoms with Crippen molar-refractivity contribution in [3.63, 3.8) is 0 Å². The molecule has 1 N–H and O–H groups in total. The molecule has 1 rings (SSSR count). The summed E-state index contributed by atoms with van der Waals surface area (Å²) in [5.74, 6) is -0.721. The largest absolute Gasteiger partial charge is 0.507 e. The van der Waals surface area contributed by atoms with E-state index in [1.807, 2.05) is 0 Å². The Bertz CT molecular complexity index is 370. The monoisotopic (exact) mass is 181 g/mol. The van der Waals surface area contributed by atoms with Crippen LogP contribution in [0.4, 0.5) is 4.39 Å². The Morgan fingerprint density at radius 1 is 1.62 bits per heavy atom. The molecular weight excluding hydrogens is 173 g/mol. The van der Waals surface area contributed by atoms with Crippen LogP contribution in [0.5, 0.6) is 5.75 Å². The number of isocyanates is 1. The maximum Gasteiger partial charge on any atom is 0.235 e. The number of benzene rings is 1. The molecule has 3 nitrogen and oxygen atoms in total. The quantitative estimate of drug-likeness (QED) is 0.557. The van der Waals surface area contributed by atoms with Gasteiger partial charge in [-0.1, -0.05) is 6.07 Å². The Morgan fingerprint density at radius 2 is 2.31 bits per heavy atom. The van der Waals surface area contributed by atoms with E-state index in [2.05, 4.69) is 4.99 Å². The molecule has 1 aromatic rings. The molecule has 0 heterocycles. The Balaban J connectivity index is 3.16. The molecular formula is C9H8FNO2. The minimum Gasteiger partial charge on any atom is -0.507 e. The SMILES string of the molecule is Cc1ccc(F)c(CN=C=O)c1O. The summed E-state index contributed by atoms with van der Waals surface area (Å²) in [6, 6.07) is 2.68. The van der Waals surface area contributed by atoms with Gasteiger partial charge in [0, 0.05) is 0 Å². The Labute approximate surface area is 74.5 Å². The summed E-state index contributed by atoms with van der Waals surface area (Å²) in [7, 11) is 0. The van der Waals surface area contributed by atoms with E-state index < -0.39 is 5.82 Å². The first-order valence-electron chi connectivity index (χ1n) is 3.67. The Hall–Kier alpha value is -1.67. The van der Waals surface area contributed by atoms with Crippen LogP contribution in [-0.4, -0.2) is 11.2 Å². The van der Waals surface area contributed by atoms with E-state index >= 15 is 0 Å². The first kappa shape index (κ1) is 9.42. The fourth-order valence-electron chi connectivity index (χ4n) is 0.991. The first-order valence-corrected chi connectivity index (χ1v) is 3.67. The minimum absolute atomic E-state index is 0.0309. The number of carbonyl (C=O) groups excluding carboxylic acids is 1. The van der Waals surface area contributed by atoms with Gasteiger partial charge in [-0.3, -0.25) is 0 Å². The maximum absolute atomic E-state index is 13.0. The van der Waals surface area contributed by atoms with Gasteiger partial charge in [-0.15, -0.1) is 0 Å². The van der Waals surface area contributed by atoms with Crippen LogP contribution in [0.15, 0.2) is 17.1 Å². The number of aromatic hydroxyl groups is 1. The predicted molar refractivity (Wildman–Crippen MR) is 44.6 cm³/mol. The van der Waals surface area contributed by atoms with Gasteiger partial charge >= 0.3 is 0 Å². The zero-order valence-electron chi connectivity index (χ0n) is 7.04. The lowest BCUT2D eigenvalue weighted by Gasteiger charge is -2.04. The summed E-state index contributed by atoms with van der Waals surface area (Å²) in [5.41, 5.74) is 0.584. The summed E-state index contributed by atoms with van der Waals surface area (Å²) in [5, 5.41) is 9.38. The molecule has 4 heteroatoms. The highest BCUT2D eigenvalue weighted by atomic mass is 19.1. The number of aryl methyl sites for hydroxylation is 1. The van der Waals surface area contributed by atoms with Crippen molar-refractivity contribution in [2.24, 2.45) is 4.99 Å². The van der Waals surface area contributed by atoms with E-state index in [-0.39, 0.29) is 17.9 Å². The van der Waals surface area contributed by atoms with Crippen LogP contribution in [0.1, 0.15) is 11.1 Å². The number of phenols is 1. The summed E-state index contributed by atoms with van der Waals surface area (Å²) in [6.45, 7) is 1.46. The van der Waals surface area contributed by atoms with Gasteiger partial charge in [0.15, 0.2) is 0 Å². The lowest BCUT2D eigenvalue weighted by Crippen LogP contribution is -1.91. The molecule has 0 fully saturated rings. The van der Waals surface area contributed by atoms with E-state index in [9.17, 15) is 14.3 Å². The lowest BCUT2D eigenvalue weighted by molar-refractivity contribution is 0.455. The van der Waals surface area contributed by atoms with E-state index in [1.165, 1.54) is 18.2 Å². The number of aliphatic imine (C=N–C) groups is 1. The second kappa shape index (κ2) is 3.83. The Morgan fingerprint density at radius 3 is 2.92 bits per heavy atom. The minimum atomic E-state index is -0.567. The topological polar surface area (TPSA) is 49.7 Å². The van der Waals surface area contributed by atoms with Gasteiger partial charge in [-0.05, 0) is 18.6 Å². The van der Waals surface area contributed by atoms with Crippen LogP contribution in [0, 0.1) is 12.7 Å². The van der Waals surface area contributed by atoms with Crippen molar-refractivity contribution in [2.45, 2.75) is 13.5 Å². The number of halogens is 1. The number of rotatable bonds is 2. The van der Waals surface area contributed by atoms with E-state index in [4.69, 9.17) is 0 Å². The van der Waals surface area contributed by atoms with Gasteiger partial charge < -0.3 is 5.11 Å². The third kappa shape index (κ3) is 1.92. The third-order valence-corrected chi connectivity index (χ3v) is 1.73. The Kier molecular flexibility index (Phi) is 2.77. The summed E-state index contributed by atoms with van der Waals surface area (Å²) in [4.78, 5) is 13.0. The van der Waals surface area contributed by atoms with Crippen LogP contribution in [0.25, 0.3) is 0 Å². The number of nitrogens with zero attached hydrogens (tertiary/aromatic N) is 1. The molecule has 13 heavy (non-hydrogen) atoms. The summed E-state index contributed by atoms with van der Waals surface area (Å²) in [6.07, 6.45) is 1.29. The molecule has 0 aliphatic heterocycles. The molecule has 0 spiro atoms. The second-order valence-corrected chi connectivity index (χ2v) is 2.60. The fourth-order valence-corrected chi connectivity index (χ4v) is 0.991. The van der Waals surface area contributed by atoms with Crippen molar-refractivity contribution in [3.8, 4) is 5.75 Å². The molecule has 0 bridgehead atoms. The van der Waals surface area contributed by atoms with Gasteiger partial charge in [-0.2, -0.15) is 0 Å². The van der Waals surface area contributed by atoms with Crippen molar-refractivity contribution in [1.29, 1.82) is 0 Å². The average molecular weight is 181 g/mol. The molecule has 0 aliphatic carbocycles. The van der Waals surface area contributed by atoms with Gasteiger partial charge in [0.05, 0.1) is 12.1 Å². The van der Waals surface area contributed by atoms with Crippen molar-refractivity contribution in [3.05, 3.63) is 29.1 Å². The molecule has 0 saturated heterocycles. The zero-order chi connectivity index (χ0) is 9.84. The van der Waals surface area contributed by atoms with Crippen LogP contribution in [0.3, 0.4) is 0 Å². The van der Waals surface area contributed by atoms with Gasteiger partial charge in [0.2, 0.25) is 6.08 Å². The maximum atomic E-state index is 13.0. The molecule has 68 valence electrons. The van der Waals surface area contributed by atoms with E-state index in [1.54, 1.807) is 6.92 Å². The van der Waals surface area contributed by atoms with Crippen molar-refractivity contribution >= 4 is 6.08 Å². The molecule has 0 aliphatic rings.